The van der Waals surface area contributed by atoms with Gasteiger partial charge in [0.15, 0.2) is 5.82 Å². The molecule has 0 atom stereocenters. The fourth-order valence-corrected chi connectivity index (χ4v) is 1.61. The summed E-state index contributed by atoms with van der Waals surface area (Å²) in [6, 6.07) is 4.61. The molecule has 21 heavy (non-hydrogen) atoms. The molecule has 0 saturated heterocycles. The Kier molecular flexibility index (Phi) is 3.93. The van der Waals surface area contributed by atoms with E-state index in [-0.39, 0.29) is 11.3 Å². The number of alkyl halides is 3. The monoisotopic (exact) mass is 293 g/mol. The topological polar surface area (TPSA) is 73.6 Å². The third kappa shape index (κ3) is 3.39. The van der Waals surface area contributed by atoms with Crippen LogP contribution in [0.5, 0.6) is 0 Å². The van der Waals surface area contributed by atoms with E-state index in [4.69, 9.17) is 5.26 Å². The van der Waals surface area contributed by atoms with Gasteiger partial charge in [-0.15, -0.1) is 0 Å². The van der Waals surface area contributed by atoms with Gasteiger partial charge in [-0.1, -0.05) is 0 Å². The highest BCUT2D eigenvalue weighted by molar-refractivity contribution is 5.65. The van der Waals surface area contributed by atoms with Crippen LogP contribution in [0.25, 0.3) is 0 Å². The minimum absolute atomic E-state index is 0.124. The second-order valence-corrected chi connectivity index (χ2v) is 4.03. The quantitative estimate of drug-likeness (QED) is 0.909. The van der Waals surface area contributed by atoms with Gasteiger partial charge >= 0.3 is 6.18 Å². The summed E-state index contributed by atoms with van der Waals surface area (Å²) in [6.45, 7) is 0. The fourth-order valence-electron chi connectivity index (χ4n) is 1.61. The third-order valence-electron chi connectivity index (χ3n) is 2.62. The summed E-state index contributed by atoms with van der Waals surface area (Å²) in [5.41, 5.74) is -0.769. The van der Waals surface area contributed by atoms with E-state index in [9.17, 15) is 13.2 Å². The van der Waals surface area contributed by atoms with Gasteiger partial charge in [-0.2, -0.15) is 18.4 Å². The molecule has 8 heteroatoms. The van der Waals surface area contributed by atoms with E-state index < -0.39 is 11.7 Å². The Morgan fingerprint density at radius 3 is 2.52 bits per heavy atom. The summed E-state index contributed by atoms with van der Waals surface area (Å²) in [7, 11) is 1.66. The highest BCUT2D eigenvalue weighted by atomic mass is 19.4. The van der Waals surface area contributed by atoms with Crippen LogP contribution in [0.2, 0.25) is 0 Å². The van der Waals surface area contributed by atoms with E-state index in [0.29, 0.717) is 11.6 Å². The standard InChI is InChI=1S/C13H10F3N5/c1-18-11-6-19-7-12(21-11)20-10-3-2-9(13(14,15)16)4-8(10)5-17/h2-4,6-7H,1H3,(H2,18,20,21). The summed E-state index contributed by atoms with van der Waals surface area (Å²) >= 11 is 0. The zero-order valence-electron chi connectivity index (χ0n) is 10.9. The third-order valence-corrected chi connectivity index (χ3v) is 2.62. The van der Waals surface area contributed by atoms with Crippen LogP contribution < -0.4 is 10.6 Å². The number of nitriles is 1. The molecular formula is C13H10F3N5. The second-order valence-electron chi connectivity index (χ2n) is 4.03. The van der Waals surface area contributed by atoms with Gasteiger partial charge in [0.05, 0.1) is 29.2 Å². The highest BCUT2D eigenvalue weighted by Gasteiger charge is 2.31. The van der Waals surface area contributed by atoms with Gasteiger partial charge < -0.3 is 10.6 Å². The zero-order chi connectivity index (χ0) is 15.5. The van der Waals surface area contributed by atoms with Crippen LogP contribution >= 0.6 is 0 Å². The van der Waals surface area contributed by atoms with Crippen molar-refractivity contribution in [3.63, 3.8) is 0 Å². The van der Waals surface area contributed by atoms with Crippen LogP contribution in [0, 0.1) is 11.3 Å². The summed E-state index contributed by atoms with van der Waals surface area (Å²) in [4.78, 5) is 8.03. The van der Waals surface area contributed by atoms with Crippen LogP contribution in [0.1, 0.15) is 11.1 Å². The second kappa shape index (κ2) is 5.66. The molecule has 0 spiro atoms. The van der Waals surface area contributed by atoms with Gasteiger partial charge in [0.1, 0.15) is 11.9 Å². The Labute approximate surface area is 118 Å². The first-order chi connectivity index (χ1) is 9.94. The van der Waals surface area contributed by atoms with E-state index in [1.807, 2.05) is 0 Å². The Morgan fingerprint density at radius 2 is 1.90 bits per heavy atom. The van der Waals surface area contributed by atoms with Crippen LogP contribution in [0.3, 0.4) is 0 Å². The van der Waals surface area contributed by atoms with Crippen molar-refractivity contribution in [3.05, 3.63) is 41.7 Å². The normalized spacial score (nSPS) is 10.8. The van der Waals surface area contributed by atoms with E-state index in [1.165, 1.54) is 18.5 Å². The summed E-state index contributed by atoms with van der Waals surface area (Å²) in [6.07, 6.45) is -1.60. The first-order valence-electron chi connectivity index (χ1n) is 5.82. The maximum absolute atomic E-state index is 12.6. The molecule has 5 nitrogen and oxygen atoms in total. The molecule has 0 aliphatic carbocycles. The van der Waals surface area contributed by atoms with Gasteiger partial charge in [0, 0.05) is 7.05 Å². The van der Waals surface area contributed by atoms with E-state index in [2.05, 4.69) is 20.6 Å². The highest BCUT2D eigenvalue weighted by Crippen LogP contribution is 2.32. The van der Waals surface area contributed by atoms with E-state index in [1.54, 1.807) is 13.1 Å². The molecule has 2 aromatic rings. The molecule has 0 aliphatic rings. The molecule has 2 rings (SSSR count). The Hall–Kier alpha value is -2.82. The number of hydrogen-bond donors (Lipinski definition) is 2. The molecule has 2 N–H and O–H groups in total. The summed E-state index contributed by atoms with van der Waals surface area (Å²) < 4.78 is 37.8. The van der Waals surface area contributed by atoms with Crippen molar-refractivity contribution >= 4 is 17.3 Å². The number of rotatable bonds is 3. The largest absolute Gasteiger partial charge is 0.416 e. The van der Waals surface area contributed by atoms with Crippen LogP contribution in [0.15, 0.2) is 30.6 Å². The number of halogens is 3. The van der Waals surface area contributed by atoms with Gasteiger partial charge in [-0.05, 0) is 18.2 Å². The summed E-state index contributed by atoms with van der Waals surface area (Å²) in [5.74, 6) is 0.809. The number of benzene rings is 1. The lowest BCUT2D eigenvalue weighted by Crippen LogP contribution is -2.06. The molecular weight excluding hydrogens is 283 g/mol. The molecule has 1 heterocycles. The number of aromatic nitrogens is 2. The minimum Gasteiger partial charge on any atom is -0.372 e. The van der Waals surface area contributed by atoms with Gasteiger partial charge in [-0.3, -0.25) is 4.98 Å². The number of nitrogens with zero attached hydrogens (tertiary/aromatic N) is 3. The van der Waals surface area contributed by atoms with Crippen molar-refractivity contribution in [1.82, 2.24) is 9.97 Å². The van der Waals surface area contributed by atoms with Crippen molar-refractivity contribution in [3.8, 4) is 6.07 Å². The molecule has 0 aliphatic heterocycles. The maximum Gasteiger partial charge on any atom is 0.416 e. The minimum atomic E-state index is -4.49. The van der Waals surface area contributed by atoms with Crippen molar-refractivity contribution in [2.45, 2.75) is 6.18 Å². The van der Waals surface area contributed by atoms with Crippen molar-refractivity contribution in [1.29, 1.82) is 5.26 Å². The Bertz CT molecular complexity index is 691. The van der Waals surface area contributed by atoms with Crippen molar-refractivity contribution in [2.24, 2.45) is 0 Å². The van der Waals surface area contributed by atoms with Gasteiger partial charge in [0.2, 0.25) is 0 Å². The molecule has 108 valence electrons. The number of nitrogens with one attached hydrogen (secondary N) is 2. The Morgan fingerprint density at radius 1 is 1.19 bits per heavy atom. The van der Waals surface area contributed by atoms with Gasteiger partial charge in [-0.25, -0.2) is 4.98 Å². The average molecular weight is 293 g/mol. The summed E-state index contributed by atoms with van der Waals surface area (Å²) in [5, 5.41) is 14.5. The van der Waals surface area contributed by atoms with Crippen LogP contribution in [-0.2, 0) is 6.18 Å². The first-order valence-corrected chi connectivity index (χ1v) is 5.82. The molecule has 0 unspecified atom stereocenters. The van der Waals surface area contributed by atoms with Crippen molar-refractivity contribution in [2.75, 3.05) is 17.7 Å². The lowest BCUT2D eigenvalue weighted by atomic mass is 10.1. The van der Waals surface area contributed by atoms with E-state index >= 15 is 0 Å². The number of anilines is 3. The predicted molar refractivity (Wildman–Crippen MR) is 71.0 cm³/mol. The van der Waals surface area contributed by atoms with E-state index in [0.717, 1.165) is 12.1 Å². The lowest BCUT2D eigenvalue weighted by molar-refractivity contribution is -0.137. The van der Waals surface area contributed by atoms with Crippen LogP contribution in [-0.4, -0.2) is 17.0 Å². The molecule has 0 amide bonds. The van der Waals surface area contributed by atoms with Gasteiger partial charge in [0.25, 0.3) is 0 Å². The zero-order valence-corrected chi connectivity index (χ0v) is 10.9. The fraction of sp³-hybridized carbons (Fsp3) is 0.154. The molecule has 0 radical (unpaired) electrons. The predicted octanol–water partition coefficient (Wildman–Crippen LogP) is 3.15. The van der Waals surface area contributed by atoms with Crippen LogP contribution in [0.4, 0.5) is 30.5 Å². The molecule has 0 bridgehead atoms. The SMILES string of the molecule is CNc1cncc(Nc2ccc(C(F)(F)F)cc2C#N)n1. The molecule has 1 aromatic heterocycles. The number of hydrogen-bond acceptors (Lipinski definition) is 5. The molecule has 0 saturated carbocycles. The average Bonchev–Trinajstić information content (AvgIpc) is 2.46. The Balaban J connectivity index is 2.34. The van der Waals surface area contributed by atoms with Crippen molar-refractivity contribution < 1.29 is 13.2 Å². The molecule has 0 fully saturated rings. The lowest BCUT2D eigenvalue weighted by Gasteiger charge is -2.11. The smallest absolute Gasteiger partial charge is 0.372 e. The first kappa shape index (κ1) is 14.6. The maximum atomic E-state index is 12.6. The molecule has 1 aromatic carbocycles.